The van der Waals surface area contributed by atoms with Gasteiger partial charge in [0, 0.05) is 38.2 Å². The van der Waals surface area contributed by atoms with Crippen LogP contribution in [-0.2, 0) is 9.53 Å². The van der Waals surface area contributed by atoms with Gasteiger partial charge in [-0.05, 0) is 12.1 Å². The molecular weight excluding hydrogens is 280 g/mol. The molecule has 2 N–H and O–H groups in total. The van der Waals surface area contributed by atoms with Gasteiger partial charge in [0.1, 0.15) is 5.84 Å². The van der Waals surface area contributed by atoms with Gasteiger partial charge >= 0.3 is 0 Å². The maximum Gasteiger partial charge on any atom is 0.225 e. The van der Waals surface area contributed by atoms with E-state index in [4.69, 9.17) is 4.74 Å². The summed E-state index contributed by atoms with van der Waals surface area (Å²) in [5.74, 6) is 0.904. The molecule has 6 nitrogen and oxygen atoms in total. The lowest BCUT2D eigenvalue weighted by molar-refractivity contribution is -0.116. The van der Waals surface area contributed by atoms with Gasteiger partial charge in [-0.15, -0.1) is 0 Å². The molecule has 0 aromatic heterocycles. The third-order valence-corrected chi connectivity index (χ3v) is 3.89. The number of hydrogen-bond acceptors (Lipinski definition) is 5. The van der Waals surface area contributed by atoms with E-state index in [2.05, 4.69) is 20.5 Å². The maximum absolute atomic E-state index is 12.2. The first-order valence-corrected chi connectivity index (χ1v) is 7.80. The number of nitrogens with one attached hydrogen (secondary N) is 2. The van der Waals surface area contributed by atoms with Crippen molar-refractivity contribution in [3.63, 3.8) is 0 Å². The number of anilines is 1. The minimum atomic E-state index is 0.0394. The van der Waals surface area contributed by atoms with Crippen LogP contribution in [0.1, 0.15) is 12.0 Å². The van der Waals surface area contributed by atoms with Crippen LogP contribution >= 0.6 is 0 Å². The molecule has 0 radical (unpaired) electrons. The average molecular weight is 302 g/mol. The number of nitrogens with zero attached hydrogens (tertiary/aromatic N) is 2. The first-order chi connectivity index (χ1) is 10.8. The summed E-state index contributed by atoms with van der Waals surface area (Å²) < 4.78 is 5.31. The quantitative estimate of drug-likeness (QED) is 0.840. The molecule has 0 spiro atoms. The largest absolute Gasteiger partial charge is 0.379 e. The molecule has 2 heterocycles. The van der Waals surface area contributed by atoms with Crippen LogP contribution in [0.2, 0.25) is 0 Å². The van der Waals surface area contributed by atoms with E-state index in [-0.39, 0.29) is 5.91 Å². The van der Waals surface area contributed by atoms with Crippen molar-refractivity contribution < 1.29 is 9.53 Å². The van der Waals surface area contributed by atoms with Gasteiger partial charge in [0.25, 0.3) is 0 Å². The zero-order valence-electron chi connectivity index (χ0n) is 12.7. The highest BCUT2D eigenvalue weighted by molar-refractivity contribution is 6.07. The van der Waals surface area contributed by atoms with Crippen molar-refractivity contribution in [1.82, 2.24) is 10.2 Å². The fraction of sp³-hybridized carbons (Fsp3) is 0.500. The second-order valence-electron chi connectivity index (χ2n) is 5.45. The van der Waals surface area contributed by atoms with Gasteiger partial charge in [0.05, 0.1) is 25.4 Å². The molecule has 6 heteroatoms. The Hall–Kier alpha value is -1.92. The van der Waals surface area contributed by atoms with Crippen LogP contribution in [0.3, 0.4) is 0 Å². The summed E-state index contributed by atoms with van der Waals surface area (Å²) in [6, 6.07) is 7.79. The van der Waals surface area contributed by atoms with Crippen LogP contribution in [0.4, 0.5) is 5.69 Å². The molecule has 0 unspecified atom stereocenters. The summed E-state index contributed by atoms with van der Waals surface area (Å²) >= 11 is 0. The Morgan fingerprint density at radius 1 is 1.32 bits per heavy atom. The molecule has 1 aromatic rings. The predicted octanol–water partition coefficient (Wildman–Crippen LogP) is 0.697. The Bertz CT molecular complexity index is 553. The number of carbonyl (C=O) groups excluding carboxylic acids is 1. The van der Waals surface area contributed by atoms with Gasteiger partial charge in [-0.2, -0.15) is 0 Å². The van der Waals surface area contributed by atoms with Crippen molar-refractivity contribution in [2.75, 3.05) is 51.3 Å². The summed E-state index contributed by atoms with van der Waals surface area (Å²) in [5, 5.41) is 6.26. The molecule has 2 aliphatic rings. The maximum atomic E-state index is 12.2. The topological polar surface area (TPSA) is 66.0 Å². The van der Waals surface area contributed by atoms with Crippen molar-refractivity contribution in [3.05, 3.63) is 29.8 Å². The molecule has 0 bridgehead atoms. The van der Waals surface area contributed by atoms with Crippen LogP contribution < -0.4 is 10.6 Å². The number of aliphatic imine (C=N–C) groups is 1. The second kappa shape index (κ2) is 7.38. The lowest BCUT2D eigenvalue weighted by Crippen LogP contribution is -2.38. The Balaban J connectivity index is 1.57. The SMILES string of the molecule is O=C(CCN1CCOCC1)Nc1ccccc1C1=NCCN1. The normalized spacial score (nSPS) is 18.6. The number of rotatable bonds is 5. The van der Waals surface area contributed by atoms with Crippen molar-refractivity contribution in [2.45, 2.75) is 6.42 Å². The molecule has 1 aromatic carbocycles. The molecule has 1 saturated heterocycles. The second-order valence-corrected chi connectivity index (χ2v) is 5.45. The lowest BCUT2D eigenvalue weighted by atomic mass is 10.1. The summed E-state index contributed by atoms with van der Waals surface area (Å²) in [6.45, 7) is 5.75. The fourth-order valence-electron chi connectivity index (χ4n) is 2.67. The molecular formula is C16H22N4O2. The third-order valence-electron chi connectivity index (χ3n) is 3.89. The average Bonchev–Trinajstić information content (AvgIpc) is 3.09. The molecule has 22 heavy (non-hydrogen) atoms. The smallest absolute Gasteiger partial charge is 0.225 e. The number of ether oxygens (including phenoxy) is 1. The summed E-state index contributed by atoms with van der Waals surface area (Å²) in [6.07, 6.45) is 0.494. The van der Waals surface area contributed by atoms with Gasteiger partial charge in [-0.25, -0.2) is 0 Å². The summed E-state index contributed by atoms with van der Waals surface area (Å²) in [5.41, 5.74) is 1.78. The Morgan fingerprint density at radius 3 is 2.91 bits per heavy atom. The Labute approximate surface area is 130 Å². The first-order valence-electron chi connectivity index (χ1n) is 7.80. The van der Waals surface area contributed by atoms with E-state index in [1.54, 1.807) is 0 Å². The van der Waals surface area contributed by atoms with Crippen molar-refractivity contribution >= 4 is 17.4 Å². The summed E-state index contributed by atoms with van der Waals surface area (Å²) in [7, 11) is 0. The molecule has 0 atom stereocenters. The summed E-state index contributed by atoms with van der Waals surface area (Å²) in [4.78, 5) is 18.9. The minimum absolute atomic E-state index is 0.0394. The highest BCUT2D eigenvalue weighted by atomic mass is 16.5. The Morgan fingerprint density at radius 2 is 2.14 bits per heavy atom. The number of amidine groups is 1. The number of benzene rings is 1. The molecule has 0 saturated carbocycles. The van der Waals surface area contributed by atoms with Crippen molar-refractivity contribution in [3.8, 4) is 0 Å². The zero-order valence-corrected chi connectivity index (χ0v) is 12.7. The van der Waals surface area contributed by atoms with Crippen LogP contribution in [0.5, 0.6) is 0 Å². The van der Waals surface area contributed by atoms with E-state index in [9.17, 15) is 4.79 Å². The zero-order chi connectivity index (χ0) is 15.2. The number of morpholine rings is 1. The van der Waals surface area contributed by atoms with E-state index in [1.807, 2.05) is 24.3 Å². The molecule has 3 rings (SSSR count). The number of para-hydroxylation sites is 1. The number of carbonyl (C=O) groups is 1. The molecule has 118 valence electrons. The standard InChI is InChI=1S/C16H22N4O2/c21-15(5-8-20-9-11-22-12-10-20)19-14-4-2-1-3-13(14)16-17-6-7-18-16/h1-4H,5-12H2,(H,17,18)(H,19,21). The van der Waals surface area contributed by atoms with Gasteiger partial charge < -0.3 is 15.4 Å². The van der Waals surface area contributed by atoms with Gasteiger partial charge in [-0.3, -0.25) is 14.7 Å². The number of hydrogen-bond donors (Lipinski definition) is 2. The van der Waals surface area contributed by atoms with Gasteiger partial charge in [-0.1, -0.05) is 12.1 Å². The highest BCUT2D eigenvalue weighted by Gasteiger charge is 2.15. The van der Waals surface area contributed by atoms with E-state index in [0.29, 0.717) is 6.42 Å². The first kappa shape index (κ1) is 15.0. The third kappa shape index (κ3) is 3.84. The van der Waals surface area contributed by atoms with E-state index in [1.165, 1.54) is 0 Å². The van der Waals surface area contributed by atoms with E-state index >= 15 is 0 Å². The predicted molar refractivity (Wildman–Crippen MR) is 86.4 cm³/mol. The van der Waals surface area contributed by atoms with Crippen LogP contribution in [0.15, 0.2) is 29.3 Å². The highest BCUT2D eigenvalue weighted by Crippen LogP contribution is 2.17. The Kier molecular flexibility index (Phi) is 5.03. The van der Waals surface area contributed by atoms with Crippen LogP contribution in [0, 0.1) is 0 Å². The fourth-order valence-corrected chi connectivity index (χ4v) is 2.67. The minimum Gasteiger partial charge on any atom is -0.379 e. The molecule has 2 aliphatic heterocycles. The van der Waals surface area contributed by atoms with Crippen LogP contribution in [0.25, 0.3) is 0 Å². The van der Waals surface area contributed by atoms with Crippen molar-refractivity contribution in [1.29, 1.82) is 0 Å². The van der Waals surface area contributed by atoms with Crippen LogP contribution in [-0.4, -0.2) is 62.6 Å². The monoisotopic (exact) mass is 302 g/mol. The molecule has 1 fully saturated rings. The van der Waals surface area contributed by atoms with Crippen molar-refractivity contribution in [2.24, 2.45) is 4.99 Å². The van der Waals surface area contributed by atoms with E-state index < -0.39 is 0 Å². The lowest BCUT2D eigenvalue weighted by Gasteiger charge is -2.26. The van der Waals surface area contributed by atoms with Gasteiger partial charge in [0.15, 0.2) is 0 Å². The number of amides is 1. The molecule has 1 amide bonds. The molecule has 0 aliphatic carbocycles. The van der Waals surface area contributed by atoms with E-state index in [0.717, 1.165) is 63.0 Å². The van der Waals surface area contributed by atoms with Gasteiger partial charge in [0.2, 0.25) is 5.91 Å².